The average Bonchev–Trinajstić information content (AvgIpc) is 3.30. The number of nitrogens with one attached hydrogen (secondary N) is 2. The number of nitrogens with zero attached hydrogens (tertiary/aromatic N) is 2. The van der Waals surface area contributed by atoms with E-state index in [0.29, 0.717) is 22.8 Å². The molecule has 0 saturated carbocycles. The molecule has 6 nitrogen and oxygen atoms in total. The number of hydrogen-bond donors (Lipinski definition) is 2. The van der Waals surface area contributed by atoms with E-state index in [1.807, 2.05) is 18.2 Å². The maximum atomic E-state index is 14.3. The average molecular weight is 350 g/mol. The molecule has 0 bridgehead atoms. The number of carbonyl (C=O) groups excluding carboxylic acids is 1. The summed E-state index contributed by atoms with van der Waals surface area (Å²) in [5.74, 6) is -0.111. The van der Waals surface area contributed by atoms with E-state index in [4.69, 9.17) is 4.74 Å². The number of aromatic nitrogens is 3. The first-order valence-electron chi connectivity index (χ1n) is 7.90. The number of carbonyl (C=O) groups is 1. The van der Waals surface area contributed by atoms with Crippen LogP contribution in [0.2, 0.25) is 0 Å². The standard InChI is InChI=1S/C19H15FN4O2/c1-26-14-4-2-12-8-17(23-16(12)10-14)19(25)22-13-3-5-18(15(20)9-13)24-7-6-21-11-24/h2-11,23H,1H3,(H,22,25). The molecule has 0 aliphatic rings. The fraction of sp³-hybridized carbons (Fsp3) is 0.0526. The molecule has 130 valence electrons. The number of hydrogen-bond acceptors (Lipinski definition) is 3. The summed E-state index contributed by atoms with van der Waals surface area (Å²) >= 11 is 0. The van der Waals surface area contributed by atoms with Crippen molar-refractivity contribution in [2.24, 2.45) is 0 Å². The molecule has 1 amide bonds. The lowest BCUT2D eigenvalue weighted by Gasteiger charge is -2.08. The van der Waals surface area contributed by atoms with E-state index in [1.54, 1.807) is 42.3 Å². The Bertz CT molecular complexity index is 1090. The Balaban J connectivity index is 1.57. The number of methoxy groups -OCH3 is 1. The Labute approximate surface area is 148 Å². The van der Waals surface area contributed by atoms with E-state index < -0.39 is 5.82 Å². The fourth-order valence-corrected chi connectivity index (χ4v) is 2.75. The summed E-state index contributed by atoms with van der Waals surface area (Å²) in [6, 6.07) is 11.7. The quantitative estimate of drug-likeness (QED) is 0.589. The SMILES string of the molecule is COc1ccc2cc(C(=O)Nc3ccc(-n4ccnc4)c(F)c3)[nH]c2c1. The zero-order valence-corrected chi connectivity index (χ0v) is 13.9. The van der Waals surface area contributed by atoms with Crippen molar-refractivity contribution in [1.29, 1.82) is 0 Å². The van der Waals surface area contributed by atoms with Crippen molar-refractivity contribution >= 4 is 22.5 Å². The van der Waals surface area contributed by atoms with Gasteiger partial charge >= 0.3 is 0 Å². The Kier molecular flexibility index (Phi) is 3.89. The molecule has 4 rings (SSSR count). The second-order valence-electron chi connectivity index (χ2n) is 5.73. The van der Waals surface area contributed by atoms with Gasteiger partial charge in [-0.05, 0) is 36.4 Å². The lowest BCUT2D eigenvalue weighted by atomic mass is 10.2. The van der Waals surface area contributed by atoms with Crippen LogP contribution in [0.4, 0.5) is 10.1 Å². The minimum Gasteiger partial charge on any atom is -0.497 e. The first kappa shape index (κ1) is 15.9. The molecule has 0 fully saturated rings. The van der Waals surface area contributed by atoms with Crippen molar-refractivity contribution in [3.63, 3.8) is 0 Å². The van der Waals surface area contributed by atoms with Crippen molar-refractivity contribution < 1.29 is 13.9 Å². The van der Waals surface area contributed by atoms with Gasteiger partial charge in [-0.3, -0.25) is 4.79 Å². The molecule has 0 saturated heterocycles. The number of amides is 1. The Morgan fingerprint density at radius 3 is 2.85 bits per heavy atom. The molecule has 0 atom stereocenters. The van der Waals surface area contributed by atoms with E-state index in [1.165, 1.54) is 12.4 Å². The van der Waals surface area contributed by atoms with Crippen molar-refractivity contribution in [3.8, 4) is 11.4 Å². The summed E-state index contributed by atoms with van der Waals surface area (Å²) in [4.78, 5) is 19.4. The van der Waals surface area contributed by atoms with Gasteiger partial charge < -0.3 is 19.6 Å². The van der Waals surface area contributed by atoms with E-state index >= 15 is 0 Å². The molecule has 26 heavy (non-hydrogen) atoms. The number of halogens is 1. The maximum absolute atomic E-state index is 14.3. The number of aromatic amines is 1. The van der Waals surface area contributed by atoms with Crippen molar-refractivity contribution in [3.05, 3.63) is 72.7 Å². The highest BCUT2D eigenvalue weighted by molar-refractivity contribution is 6.06. The van der Waals surface area contributed by atoms with Crippen LogP contribution in [0.1, 0.15) is 10.5 Å². The molecule has 0 aliphatic carbocycles. The van der Waals surface area contributed by atoms with E-state index in [0.717, 1.165) is 10.9 Å². The van der Waals surface area contributed by atoms with E-state index in [9.17, 15) is 9.18 Å². The highest BCUT2D eigenvalue weighted by Gasteiger charge is 2.12. The Morgan fingerprint density at radius 1 is 1.23 bits per heavy atom. The van der Waals surface area contributed by atoms with Crippen molar-refractivity contribution in [2.75, 3.05) is 12.4 Å². The molecule has 0 unspecified atom stereocenters. The molecule has 0 radical (unpaired) electrons. The summed E-state index contributed by atoms with van der Waals surface area (Å²) in [7, 11) is 1.58. The van der Waals surface area contributed by atoms with E-state index in [2.05, 4.69) is 15.3 Å². The molecule has 2 aromatic carbocycles. The summed E-state index contributed by atoms with van der Waals surface area (Å²) < 4.78 is 21.0. The summed E-state index contributed by atoms with van der Waals surface area (Å²) in [6.07, 6.45) is 4.73. The largest absolute Gasteiger partial charge is 0.497 e. The molecule has 2 heterocycles. The van der Waals surface area contributed by atoms with Gasteiger partial charge in [-0.15, -0.1) is 0 Å². The summed E-state index contributed by atoms with van der Waals surface area (Å²) in [6.45, 7) is 0. The van der Waals surface area contributed by atoms with Crippen LogP contribution in [0, 0.1) is 5.82 Å². The normalized spacial score (nSPS) is 10.8. The number of H-pyrrole nitrogens is 1. The number of anilines is 1. The predicted octanol–water partition coefficient (Wildman–Crippen LogP) is 3.75. The summed E-state index contributed by atoms with van der Waals surface area (Å²) in [5.41, 5.74) is 1.90. The van der Waals surface area contributed by atoms with E-state index in [-0.39, 0.29) is 5.91 Å². The van der Waals surface area contributed by atoms with Gasteiger partial charge in [0.05, 0.1) is 19.1 Å². The zero-order chi connectivity index (χ0) is 18.1. The van der Waals surface area contributed by atoms with Gasteiger partial charge in [0.15, 0.2) is 0 Å². The molecular weight excluding hydrogens is 335 g/mol. The molecule has 2 N–H and O–H groups in total. The molecule has 7 heteroatoms. The van der Waals surface area contributed by atoms with Crippen LogP contribution in [-0.4, -0.2) is 27.6 Å². The van der Waals surface area contributed by atoms with Crippen LogP contribution in [0.25, 0.3) is 16.6 Å². The lowest BCUT2D eigenvalue weighted by molar-refractivity contribution is 0.102. The first-order valence-corrected chi connectivity index (χ1v) is 7.90. The summed E-state index contributed by atoms with van der Waals surface area (Å²) in [5, 5.41) is 3.58. The molecule has 0 spiro atoms. The topological polar surface area (TPSA) is 71.9 Å². The van der Waals surface area contributed by atoms with Crippen LogP contribution in [-0.2, 0) is 0 Å². The fourth-order valence-electron chi connectivity index (χ4n) is 2.75. The molecular formula is C19H15FN4O2. The predicted molar refractivity (Wildman–Crippen MR) is 96.3 cm³/mol. The number of benzene rings is 2. The highest BCUT2D eigenvalue weighted by atomic mass is 19.1. The molecule has 4 aromatic rings. The third kappa shape index (κ3) is 2.90. The Hall–Kier alpha value is -3.61. The highest BCUT2D eigenvalue weighted by Crippen LogP contribution is 2.23. The monoisotopic (exact) mass is 350 g/mol. The minimum absolute atomic E-state index is 0.352. The van der Waals surface area contributed by atoms with Gasteiger partial charge in [-0.1, -0.05) is 0 Å². The first-order chi connectivity index (χ1) is 12.6. The zero-order valence-electron chi connectivity index (χ0n) is 13.9. The van der Waals surface area contributed by atoms with Crippen LogP contribution < -0.4 is 10.1 Å². The van der Waals surface area contributed by atoms with Crippen LogP contribution in [0.5, 0.6) is 5.75 Å². The number of fused-ring (bicyclic) bond motifs is 1. The van der Waals surface area contributed by atoms with Gasteiger partial charge in [0.1, 0.15) is 17.3 Å². The maximum Gasteiger partial charge on any atom is 0.272 e. The smallest absolute Gasteiger partial charge is 0.272 e. The minimum atomic E-state index is -0.456. The third-order valence-corrected chi connectivity index (χ3v) is 4.06. The van der Waals surface area contributed by atoms with Gasteiger partial charge in [0, 0.05) is 35.1 Å². The third-order valence-electron chi connectivity index (χ3n) is 4.06. The molecule has 2 aromatic heterocycles. The molecule has 0 aliphatic heterocycles. The lowest BCUT2D eigenvalue weighted by Crippen LogP contribution is -2.12. The van der Waals surface area contributed by atoms with Crippen LogP contribution >= 0.6 is 0 Å². The Morgan fingerprint density at radius 2 is 2.12 bits per heavy atom. The number of imidazole rings is 1. The van der Waals surface area contributed by atoms with Gasteiger partial charge in [-0.25, -0.2) is 9.37 Å². The van der Waals surface area contributed by atoms with Crippen molar-refractivity contribution in [2.45, 2.75) is 0 Å². The van der Waals surface area contributed by atoms with Gasteiger partial charge in [-0.2, -0.15) is 0 Å². The second kappa shape index (κ2) is 6.36. The second-order valence-corrected chi connectivity index (χ2v) is 5.73. The number of rotatable bonds is 4. The van der Waals surface area contributed by atoms with Crippen molar-refractivity contribution in [1.82, 2.24) is 14.5 Å². The van der Waals surface area contributed by atoms with Crippen LogP contribution in [0.3, 0.4) is 0 Å². The number of ether oxygens (including phenoxy) is 1. The van der Waals surface area contributed by atoms with Crippen LogP contribution in [0.15, 0.2) is 61.2 Å². The van der Waals surface area contributed by atoms with Gasteiger partial charge in [0.2, 0.25) is 0 Å². The van der Waals surface area contributed by atoms with Gasteiger partial charge in [0.25, 0.3) is 5.91 Å².